The summed E-state index contributed by atoms with van der Waals surface area (Å²) in [5.41, 5.74) is 2.25. The molecule has 1 aromatic heterocycles. The van der Waals surface area contributed by atoms with Gasteiger partial charge in [0.25, 0.3) is 5.91 Å². The largest absolute Gasteiger partial charge is 0.339 e. The summed E-state index contributed by atoms with van der Waals surface area (Å²) in [6.45, 7) is 0. The monoisotopic (exact) mass is 393 g/mol. The van der Waals surface area contributed by atoms with E-state index >= 15 is 0 Å². The van der Waals surface area contributed by atoms with Crippen LogP contribution in [-0.2, 0) is 0 Å². The first kappa shape index (κ1) is 16.6. The van der Waals surface area contributed by atoms with Gasteiger partial charge in [-0.25, -0.2) is 0 Å². The topological polar surface area (TPSA) is 90.7 Å². The summed E-state index contributed by atoms with van der Waals surface area (Å²) in [4.78, 5) is 12.2. The van der Waals surface area contributed by atoms with Gasteiger partial charge in [0, 0.05) is 15.8 Å². The first-order valence-corrected chi connectivity index (χ1v) is 8.11. The van der Waals surface area contributed by atoms with Crippen molar-refractivity contribution in [1.82, 2.24) is 10.2 Å². The summed E-state index contributed by atoms with van der Waals surface area (Å²) >= 11 is 3.34. The fourth-order valence-electron chi connectivity index (χ4n) is 2.02. The summed E-state index contributed by atoms with van der Waals surface area (Å²) in [5.74, 6) is 0.171. The molecule has 0 fully saturated rings. The van der Waals surface area contributed by atoms with E-state index in [1.807, 2.05) is 12.1 Å². The summed E-state index contributed by atoms with van der Waals surface area (Å²) in [5, 5.41) is 22.5. The number of nitriles is 1. The Balaban J connectivity index is 1.65. The van der Waals surface area contributed by atoms with Gasteiger partial charge in [-0.05, 0) is 60.7 Å². The molecule has 0 aliphatic heterocycles. The highest BCUT2D eigenvalue weighted by molar-refractivity contribution is 9.10. The minimum atomic E-state index is -0.334. The van der Waals surface area contributed by atoms with E-state index in [-0.39, 0.29) is 11.6 Å². The molecule has 7 heteroatoms. The molecule has 0 saturated carbocycles. The van der Waals surface area contributed by atoms with E-state index in [4.69, 9.17) is 5.26 Å². The fourth-order valence-corrected chi connectivity index (χ4v) is 2.29. The van der Waals surface area contributed by atoms with Crippen molar-refractivity contribution in [3.63, 3.8) is 0 Å². The van der Waals surface area contributed by atoms with Gasteiger partial charge in [-0.3, -0.25) is 4.79 Å². The van der Waals surface area contributed by atoms with Crippen LogP contribution in [0.4, 0.5) is 17.2 Å². The molecule has 2 N–H and O–H groups in total. The van der Waals surface area contributed by atoms with Gasteiger partial charge in [0.1, 0.15) is 0 Å². The molecular weight excluding hydrogens is 382 g/mol. The Hall–Kier alpha value is -3.24. The lowest BCUT2D eigenvalue weighted by molar-refractivity contribution is 0.102. The standard InChI is InChI=1S/C18H12BrN5O/c19-13-3-7-15(8-4-13)22-18(25)16-9-10-17(24-23-16)21-14-5-1-12(11-20)2-6-14/h1-10H,(H,21,24)(H,22,25). The number of benzene rings is 2. The zero-order chi connectivity index (χ0) is 17.6. The van der Waals surface area contributed by atoms with Gasteiger partial charge in [-0.2, -0.15) is 5.26 Å². The molecular formula is C18H12BrN5O. The Bertz CT molecular complexity index is 916. The Morgan fingerprint density at radius 2 is 1.60 bits per heavy atom. The molecule has 3 aromatic rings. The Morgan fingerprint density at radius 3 is 2.20 bits per heavy atom. The van der Waals surface area contributed by atoms with Gasteiger partial charge in [0.2, 0.25) is 0 Å². The third-order valence-electron chi connectivity index (χ3n) is 3.29. The molecule has 0 aliphatic carbocycles. The van der Waals surface area contributed by atoms with Crippen molar-refractivity contribution in [2.24, 2.45) is 0 Å². The molecule has 0 radical (unpaired) electrons. The lowest BCUT2D eigenvalue weighted by Gasteiger charge is -2.07. The van der Waals surface area contributed by atoms with Crippen LogP contribution < -0.4 is 10.6 Å². The van der Waals surface area contributed by atoms with Crippen LogP contribution in [0.3, 0.4) is 0 Å². The number of carbonyl (C=O) groups excluding carboxylic acids is 1. The second-order valence-electron chi connectivity index (χ2n) is 5.08. The first-order chi connectivity index (χ1) is 12.1. The Labute approximate surface area is 152 Å². The van der Waals surface area contributed by atoms with Crippen LogP contribution in [0, 0.1) is 11.3 Å². The number of nitrogens with zero attached hydrogens (tertiary/aromatic N) is 3. The molecule has 0 unspecified atom stereocenters. The van der Waals surface area contributed by atoms with Crippen molar-refractivity contribution >= 4 is 39.0 Å². The second-order valence-corrected chi connectivity index (χ2v) is 5.99. The lowest BCUT2D eigenvalue weighted by atomic mass is 10.2. The van der Waals surface area contributed by atoms with Crippen molar-refractivity contribution in [2.45, 2.75) is 0 Å². The Morgan fingerprint density at radius 1 is 0.920 bits per heavy atom. The molecule has 6 nitrogen and oxygen atoms in total. The van der Waals surface area contributed by atoms with Gasteiger partial charge in [-0.15, -0.1) is 10.2 Å². The second kappa shape index (κ2) is 7.55. The van der Waals surface area contributed by atoms with Crippen LogP contribution in [0.2, 0.25) is 0 Å². The predicted octanol–water partition coefficient (Wildman–Crippen LogP) is 4.11. The normalized spacial score (nSPS) is 9.92. The van der Waals surface area contributed by atoms with Crippen molar-refractivity contribution in [3.05, 3.63) is 76.4 Å². The minimum Gasteiger partial charge on any atom is -0.339 e. The van der Waals surface area contributed by atoms with Crippen LogP contribution in [0.25, 0.3) is 0 Å². The minimum absolute atomic E-state index is 0.216. The number of amides is 1. The molecule has 0 spiro atoms. The van der Waals surface area contributed by atoms with E-state index in [1.54, 1.807) is 48.5 Å². The molecule has 0 bridgehead atoms. The zero-order valence-electron chi connectivity index (χ0n) is 12.9. The number of carbonyl (C=O) groups is 1. The number of halogens is 1. The quantitative estimate of drug-likeness (QED) is 0.695. The maximum absolute atomic E-state index is 12.2. The lowest BCUT2D eigenvalue weighted by Crippen LogP contribution is -2.14. The van der Waals surface area contributed by atoms with Gasteiger partial charge in [0.05, 0.1) is 11.6 Å². The fraction of sp³-hybridized carbons (Fsp3) is 0. The number of nitrogens with one attached hydrogen (secondary N) is 2. The average Bonchev–Trinajstić information content (AvgIpc) is 2.65. The maximum atomic E-state index is 12.2. The number of rotatable bonds is 4. The van der Waals surface area contributed by atoms with Gasteiger partial charge < -0.3 is 10.6 Å². The molecule has 2 aromatic carbocycles. The van der Waals surface area contributed by atoms with E-state index in [0.717, 1.165) is 10.2 Å². The number of hydrogen-bond donors (Lipinski definition) is 2. The average molecular weight is 394 g/mol. The summed E-state index contributed by atoms with van der Waals surface area (Å²) in [6, 6.07) is 19.5. The predicted molar refractivity (Wildman–Crippen MR) is 98.6 cm³/mol. The number of aromatic nitrogens is 2. The SMILES string of the molecule is N#Cc1ccc(Nc2ccc(C(=O)Nc3ccc(Br)cc3)nn2)cc1. The van der Waals surface area contributed by atoms with Crippen molar-refractivity contribution in [2.75, 3.05) is 10.6 Å². The molecule has 1 heterocycles. The molecule has 0 atom stereocenters. The highest BCUT2D eigenvalue weighted by atomic mass is 79.9. The molecule has 3 rings (SSSR count). The van der Waals surface area contributed by atoms with Crippen LogP contribution in [0.1, 0.15) is 16.1 Å². The summed E-state index contributed by atoms with van der Waals surface area (Å²) < 4.78 is 0.934. The number of hydrogen-bond acceptors (Lipinski definition) is 5. The van der Waals surface area contributed by atoms with Gasteiger partial charge in [0.15, 0.2) is 11.5 Å². The van der Waals surface area contributed by atoms with Crippen molar-refractivity contribution < 1.29 is 4.79 Å². The van der Waals surface area contributed by atoms with E-state index in [0.29, 0.717) is 17.1 Å². The van der Waals surface area contributed by atoms with E-state index in [9.17, 15) is 4.79 Å². The highest BCUT2D eigenvalue weighted by Gasteiger charge is 2.09. The third-order valence-corrected chi connectivity index (χ3v) is 3.81. The van der Waals surface area contributed by atoms with Crippen LogP contribution in [-0.4, -0.2) is 16.1 Å². The van der Waals surface area contributed by atoms with Crippen molar-refractivity contribution in [1.29, 1.82) is 5.26 Å². The molecule has 0 aliphatic rings. The molecule has 0 saturated heterocycles. The maximum Gasteiger partial charge on any atom is 0.276 e. The van der Waals surface area contributed by atoms with E-state index < -0.39 is 0 Å². The summed E-state index contributed by atoms with van der Waals surface area (Å²) in [7, 11) is 0. The molecule has 122 valence electrons. The van der Waals surface area contributed by atoms with Crippen LogP contribution in [0.15, 0.2) is 65.1 Å². The molecule has 25 heavy (non-hydrogen) atoms. The van der Waals surface area contributed by atoms with Gasteiger partial charge >= 0.3 is 0 Å². The van der Waals surface area contributed by atoms with E-state index in [2.05, 4.69) is 42.8 Å². The first-order valence-electron chi connectivity index (χ1n) is 7.32. The van der Waals surface area contributed by atoms with Crippen LogP contribution >= 0.6 is 15.9 Å². The van der Waals surface area contributed by atoms with Crippen LogP contribution in [0.5, 0.6) is 0 Å². The van der Waals surface area contributed by atoms with E-state index in [1.165, 1.54) is 0 Å². The smallest absolute Gasteiger partial charge is 0.276 e. The molecule has 1 amide bonds. The zero-order valence-corrected chi connectivity index (χ0v) is 14.5. The highest BCUT2D eigenvalue weighted by Crippen LogP contribution is 2.16. The third kappa shape index (κ3) is 4.40. The Kier molecular flexibility index (Phi) is 5.02. The van der Waals surface area contributed by atoms with Gasteiger partial charge in [-0.1, -0.05) is 15.9 Å². The van der Waals surface area contributed by atoms with Crippen molar-refractivity contribution in [3.8, 4) is 6.07 Å². The summed E-state index contributed by atoms with van der Waals surface area (Å²) in [6.07, 6.45) is 0. The number of anilines is 3.